The van der Waals surface area contributed by atoms with Crippen LogP contribution in [0.15, 0.2) is 127 Å². The first kappa shape index (κ1) is 47.7. The Balaban J connectivity index is 1.43. The summed E-state index contributed by atoms with van der Waals surface area (Å²) in [6.07, 6.45) is 11.1. The van der Waals surface area contributed by atoms with E-state index in [-0.39, 0.29) is 75.3 Å². The number of oxime groups is 1. The van der Waals surface area contributed by atoms with E-state index in [1.54, 1.807) is 65.6 Å². The first-order valence-corrected chi connectivity index (χ1v) is 22.6. The van der Waals surface area contributed by atoms with Crippen LogP contribution in [0.1, 0.15) is 80.0 Å². The number of benzene rings is 4. The monoisotopic (exact) mass is 905 g/mol. The number of unbranched alkanes of at least 4 members (excludes halogenated alkanes) is 2. The molecule has 4 aromatic carbocycles. The van der Waals surface area contributed by atoms with Gasteiger partial charge in [0.05, 0.1) is 23.2 Å². The number of rotatable bonds is 22. The number of ether oxygens (including phenoxy) is 3. The van der Waals surface area contributed by atoms with Gasteiger partial charge in [-0.2, -0.15) is 0 Å². The number of carbonyl (C=O) groups is 1. The molecule has 1 saturated carbocycles. The highest BCUT2D eigenvalue weighted by Crippen LogP contribution is 2.62. The molecule has 0 spiro atoms. The summed E-state index contributed by atoms with van der Waals surface area (Å²) in [6.45, 7) is 6.23. The van der Waals surface area contributed by atoms with Crippen molar-refractivity contribution in [1.82, 2.24) is 4.90 Å². The van der Waals surface area contributed by atoms with Crippen molar-refractivity contribution in [2.24, 2.45) is 22.9 Å². The molecule has 14 heteroatoms. The molecule has 0 bridgehead atoms. The Morgan fingerprint density at radius 2 is 1.74 bits per heavy atom. The lowest BCUT2D eigenvalue weighted by atomic mass is 9.55. The second kappa shape index (κ2) is 22.3. The molecule has 0 saturated heterocycles. The van der Waals surface area contributed by atoms with Gasteiger partial charge in [-0.25, -0.2) is 8.78 Å². The van der Waals surface area contributed by atoms with E-state index in [4.69, 9.17) is 24.2 Å². The molecule has 2 N–H and O–H groups in total. The first-order chi connectivity index (χ1) is 32.1. The molecule has 3 aliphatic rings. The summed E-state index contributed by atoms with van der Waals surface area (Å²) in [4.78, 5) is 33.4. The van der Waals surface area contributed by atoms with Gasteiger partial charge in [0.25, 0.3) is 5.69 Å². The van der Waals surface area contributed by atoms with Crippen molar-refractivity contribution >= 4 is 23.4 Å². The number of nitro groups is 1. The van der Waals surface area contributed by atoms with E-state index in [2.05, 4.69) is 12.7 Å². The Morgan fingerprint density at radius 1 is 1.00 bits per heavy atom. The van der Waals surface area contributed by atoms with Crippen molar-refractivity contribution < 1.29 is 47.8 Å². The number of nitrogens with zero attached hydrogens (tertiary/aromatic N) is 3. The van der Waals surface area contributed by atoms with Crippen molar-refractivity contribution in [2.75, 3.05) is 26.4 Å². The molecule has 0 aromatic heterocycles. The summed E-state index contributed by atoms with van der Waals surface area (Å²) in [5.74, 6) is -2.85. The molecular formula is C52H57F2N3O9. The number of aliphatic hydroxyl groups is 2. The second-order valence-electron chi connectivity index (χ2n) is 16.8. The molecule has 4 aromatic rings. The third kappa shape index (κ3) is 10.7. The highest BCUT2D eigenvalue weighted by Gasteiger charge is 2.65. The topological polar surface area (TPSA) is 153 Å². The maximum Gasteiger partial charge on any atom is 0.269 e. The third-order valence-electron chi connectivity index (χ3n) is 12.7. The van der Waals surface area contributed by atoms with Gasteiger partial charge in [-0.1, -0.05) is 60.5 Å². The first-order valence-electron chi connectivity index (χ1n) is 22.6. The number of fused-ring (bicyclic) bond motifs is 2. The van der Waals surface area contributed by atoms with Crippen molar-refractivity contribution in [3.05, 3.63) is 165 Å². The van der Waals surface area contributed by atoms with E-state index in [0.717, 1.165) is 30.4 Å². The maximum absolute atomic E-state index is 15.0. The quantitative estimate of drug-likeness (QED) is 0.0258. The van der Waals surface area contributed by atoms with Crippen molar-refractivity contribution in [2.45, 2.75) is 82.8 Å². The number of hydrogen-bond acceptors (Lipinski definition) is 10. The van der Waals surface area contributed by atoms with E-state index in [1.165, 1.54) is 36.4 Å². The van der Waals surface area contributed by atoms with Gasteiger partial charge < -0.3 is 34.2 Å². The molecule has 1 aliphatic heterocycles. The predicted octanol–water partition coefficient (Wildman–Crippen LogP) is 9.85. The molecule has 12 nitrogen and oxygen atoms in total. The Hall–Kier alpha value is -6.22. The minimum absolute atomic E-state index is 0.00861. The summed E-state index contributed by atoms with van der Waals surface area (Å²) in [6, 6.07) is 22.9. The van der Waals surface area contributed by atoms with E-state index in [9.17, 15) is 29.1 Å². The van der Waals surface area contributed by atoms with Crippen LogP contribution < -0.4 is 9.47 Å². The van der Waals surface area contributed by atoms with Gasteiger partial charge in [0.2, 0.25) is 11.7 Å². The number of halogens is 2. The van der Waals surface area contributed by atoms with E-state index in [1.807, 2.05) is 19.1 Å². The van der Waals surface area contributed by atoms with Gasteiger partial charge >= 0.3 is 0 Å². The Morgan fingerprint density at radius 3 is 2.44 bits per heavy atom. The maximum atomic E-state index is 15.0. The van der Waals surface area contributed by atoms with Gasteiger partial charge in [-0.15, -0.1) is 6.58 Å². The van der Waals surface area contributed by atoms with Crippen LogP contribution in [0.2, 0.25) is 0 Å². The number of allylic oxidation sites excluding steroid dienone is 1. The number of aliphatic hydroxyl groups excluding tert-OH is 2. The van der Waals surface area contributed by atoms with E-state index in [0.29, 0.717) is 53.2 Å². The van der Waals surface area contributed by atoms with E-state index >= 15 is 4.79 Å². The summed E-state index contributed by atoms with van der Waals surface area (Å²) in [7, 11) is 0. The smallest absolute Gasteiger partial charge is 0.269 e. The zero-order valence-electron chi connectivity index (χ0n) is 37.1. The lowest BCUT2D eigenvalue weighted by Crippen LogP contribution is -2.70. The molecule has 1 amide bonds. The minimum atomic E-state index is -1.58. The zero-order valence-corrected chi connectivity index (χ0v) is 37.1. The summed E-state index contributed by atoms with van der Waals surface area (Å²) in [5.41, 5.74) is 3.79. The third-order valence-corrected chi connectivity index (χ3v) is 12.7. The second-order valence-corrected chi connectivity index (χ2v) is 16.8. The molecule has 1 fully saturated rings. The van der Waals surface area contributed by atoms with Crippen LogP contribution in [0.5, 0.6) is 11.5 Å². The number of carbonyl (C=O) groups excluding carboxylic acids is 1. The molecule has 66 heavy (non-hydrogen) atoms. The summed E-state index contributed by atoms with van der Waals surface area (Å²) in [5, 5.41) is 36.0. The molecular weight excluding hydrogens is 849 g/mol. The standard InChI is InChI=1S/C52H57F2N3O9/c1-3-29-64-52-48(56(33-36-15-20-39(53)21-16-36)49(60)26-19-35-17-22-40(23-18-35)57(61)62)32-46(55-65-4-2)43-30-37(11-7-9-27-58)42(13-8-10-28-59)50(51(43)52)44-31-41(24-25-47(44)66-52)63-34-38-12-5-6-14-45(38)54/h3,5-6,12,14-26,30-31,37,42,48,50-51,58-59H,1,4,7-11,13,27-29,32-34H2,2H3. The average molecular weight is 906 g/mol. The lowest BCUT2D eigenvalue weighted by molar-refractivity contribution is -0.384. The fourth-order valence-electron chi connectivity index (χ4n) is 9.76. The predicted molar refractivity (Wildman–Crippen MR) is 246 cm³/mol. The van der Waals surface area contributed by atoms with Crippen LogP contribution in [0.25, 0.3) is 6.08 Å². The molecule has 348 valence electrons. The van der Waals surface area contributed by atoms with Gasteiger partial charge in [0, 0.05) is 61.4 Å². The summed E-state index contributed by atoms with van der Waals surface area (Å²) < 4.78 is 49.8. The molecule has 0 radical (unpaired) electrons. The fourth-order valence-corrected chi connectivity index (χ4v) is 9.76. The Kier molecular flexibility index (Phi) is 16.1. The number of hydrogen-bond donors (Lipinski definition) is 2. The molecule has 1 heterocycles. The SMILES string of the molecule is C=CCOC12Oc3ccc(OCc4ccccc4F)cc3C3C(CCCCO)C(CCCCO)C=C(C(=NOCC)CC1N(Cc1ccc(F)cc1)C(=O)C=Cc1ccc([N+](=O)[O-])cc1)C32. The largest absolute Gasteiger partial charge is 0.489 e. The van der Waals surface area contributed by atoms with Crippen LogP contribution >= 0.6 is 0 Å². The highest BCUT2D eigenvalue weighted by molar-refractivity contribution is 6.03. The van der Waals surface area contributed by atoms with Crippen LogP contribution in [0.4, 0.5) is 14.5 Å². The zero-order chi connectivity index (χ0) is 46.6. The van der Waals surface area contributed by atoms with Crippen molar-refractivity contribution in [3.8, 4) is 11.5 Å². The van der Waals surface area contributed by atoms with Gasteiger partial charge in [-0.3, -0.25) is 14.9 Å². The Bertz CT molecular complexity index is 2410. The summed E-state index contributed by atoms with van der Waals surface area (Å²) >= 11 is 0. The number of nitro benzene ring substituents is 1. The lowest BCUT2D eigenvalue weighted by Gasteiger charge is -2.60. The Labute approximate surface area is 384 Å². The molecule has 2 aliphatic carbocycles. The van der Waals surface area contributed by atoms with Crippen molar-refractivity contribution in [1.29, 1.82) is 0 Å². The van der Waals surface area contributed by atoms with Gasteiger partial charge in [-0.05, 0) is 116 Å². The molecule has 7 rings (SSSR count). The molecule has 6 unspecified atom stereocenters. The number of non-ortho nitro benzene ring substituents is 1. The molecule has 6 atom stereocenters. The van der Waals surface area contributed by atoms with Crippen LogP contribution in [-0.4, -0.2) is 69.9 Å². The van der Waals surface area contributed by atoms with Crippen LogP contribution in [0, 0.1) is 39.5 Å². The number of amides is 1. The van der Waals surface area contributed by atoms with Crippen molar-refractivity contribution in [3.63, 3.8) is 0 Å². The fraction of sp³-hybridized carbons (Fsp3) is 0.385. The van der Waals surface area contributed by atoms with Crippen LogP contribution in [-0.2, 0) is 27.5 Å². The minimum Gasteiger partial charge on any atom is -0.489 e. The van der Waals surface area contributed by atoms with E-state index < -0.39 is 34.4 Å². The van der Waals surface area contributed by atoms with Crippen LogP contribution in [0.3, 0.4) is 0 Å². The van der Waals surface area contributed by atoms with Gasteiger partial charge in [0.1, 0.15) is 42.4 Å². The normalized spacial score (nSPS) is 22.5. The average Bonchev–Trinajstić information content (AvgIpc) is 3.32. The van der Waals surface area contributed by atoms with Gasteiger partial charge in [0.15, 0.2) is 0 Å². The highest BCUT2D eigenvalue weighted by atomic mass is 19.1.